The molecule has 1 aliphatic carbocycles. The number of ether oxygens (including phenoxy) is 1. The summed E-state index contributed by atoms with van der Waals surface area (Å²) < 4.78 is 5.35. The quantitative estimate of drug-likeness (QED) is 0.724. The molecular weight excluding hydrogens is 204 g/mol. The predicted octanol–water partition coefficient (Wildman–Crippen LogP) is 0.668. The Balaban J connectivity index is 1.71. The standard InChI is InChI=1S/C12H22N2O2/c1-8(10-5-6-16-7-10)13-9(2)12(15)14-11-3-4-11/h8-11,13H,3-7H2,1-2H3,(H,14,15). The zero-order valence-electron chi connectivity index (χ0n) is 10.2. The number of carbonyl (C=O) groups excluding carboxylic acids is 1. The number of hydrogen-bond donors (Lipinski definition) is 2. The second kappa shape index (κ2) is 5.15. The van der Waals surface area contributed by atoms with Crippen LogP contribution in [0.2, 0.25) is 0 Å². The van der Waals surface area contributed by atoms with Gasteiger partial charge in [-0.15, -0.1) is 0 Å². The van der Waals surface area contributed by atoms with Gasteiger partial charge in [0.1, 0.15) is 0 Å². The lowest BCUT2D eigenvalue weighted by Gasteiger charge is -2.23. The highest BCUT2D eigenvalue weighted by molar-refractivity contribution is 5.81. The van der Waals surface area contributed by atoms with Crippen LogP contribution in [-0.2, 0) is 9.53 Å². The van der Waals surface area contributed by atoms with E-state index in [-0.39, 0.29) is 11.9 Å². The average molecular weight is 226 g/mol. The van der Waals surface area contributed by atoms with Gasteiger partial charge in [0.25, 0.3) is 0 Å². The minimum atomic E-state index is -0.101. The van der Waals surface area contributed by atoms with Gasteiger partial charge in [-0.1, -0.05) is 0 Å². The highest BCUT2D eigenvalue weighted by atomic mass is 16.5. The summed E-state index contributed by atoms with van der Waals surface area (Å²) in [6.07, 6.45) is 3.39. The third-order valence-corrected chi connectivity index (χ3v) is 3.50. The molecule has 1 heterocycles. The number of nitrogens with one attached hydrogen (secondary N) is 2. The molecule has 2 rings (SSSR count). The molecule has 0 aromatic carbocycles. The molecule has 16 heavy (non-hydrogen) atoms. The smallest absolute Gasteiger partial charge is 0.237 e. The molecule has 1 aliphatic heterocycles. The fourth-order valence-electron chi connectivity index (χ4n) is 2.11. The Morgan fingerprint density at radius 1 is 1.31 bits per heavy atom. The first-order valence-corrected chi connectivity index (χ1v) is 6.31. The second-order valence-electron chi connectivity index (χ2n) is 5.08. The Kier molecular flexibility index (Phi) is 3.82. The lowest BCUT2D eigenvalue weighted by Crippen LogP contribution is -2.48. The molecule has 1 saturated heterocycles. The van der Waals surface area contributed by atoms with E-state index in [2.05, 4.69) is 17.6 Å². The Hall–Kier alpha value is -0.610. The molecule has 1 amide bonds. The van der Waals surface area contributed by atoms with E-state index in [1.165, 1.54) is 0 Å². The number of carbonyl (C=O) groups is 1. The Morgan fingerprint density at radius 2 is 2.06 bits per heavy atom. The highest BCUT2D eigenvalue weighted by Crippen LogP contribution is 2.19. The van der Waals surface area contributed by atoms with Crippen molar-refractivity contribution in [1.29, 1.82) is 0 Å². The maximum atomic E-state index is 11.7. The summed E-state index contributed by atoms with van der Waals surface area (Å²) >= 11 is 0. The van der Waals surface area contributed by atoms with Gasteiger partial charge in [-0.05, 0) is 39.0 Å². The van der Waals surface area contributed by atoms with Gasteiger partial charge in [0.2, 0.25) is 5.91 Å². The molecule has 4 nitrogen and oxygen atoms in total. The summed E-state index contributed by atoms with van der Waals surface area (Å²) in [7, 11) is 0. The van der Waals surface area contributed by atoms with E-state index < -0.39 is 0 Å². The largest absolute Gasteiger partial charge is 0.381 e. The summed E-state index contributed by atoms with van der Waals surface area (Å²) in [6, 6.07) is 0.695. The predicted molar refractivity (Wildman–Crippen MR) is 62.2 cm³/mol. The third kappa shape index (κ3) is 3.19. The van der Waals surface area contributed by atoms with E-state index >= 15 is 0 Å². The molecule has 0 bridgehead atoms. The second-order valence-corrected chi connectivity index (χ2v) is 5.08. The minimum Gasteiger partial charge on any atom is -0.381 e. The minimum absolute atomic E-state index is 0.101. The van der Waals surface area contributed by atoms with Crippen molar-refractivity contribution in [3.8, 4) is 0 Å². The van der Waals surface area contributed by atoms with Crippen LogP contribution in [0.15, 0.2) is 0 Å². The Labute approximate surface area is 97.1 Å². The highest BCUT2D eigenvalue weighted by Gasteiger charge is 2.28. The zero-order valence-corrected chi connectivity index (χ0v) is 10.2. The van der Waals surface area contributed by atoms with E-state index in [0.717, 1.165) is 32.5 Å². The maximum absolute atomic E-state index is 11.7. The van der Waals surface area contributed by atoms with Gasteiger partial charge in [0.15, 0.2) is 0 Å². The van der Waals surface area contributed by atoms with Crippen LogP contribution < -0.4 is 10.6 Å². The fourth-order valence-corrected chi connectivity index (χ4v) is 2.11. The molecule has 4 heteroatoms. The first-order chi connectivity index (χ1) is 7.66. The van der Waals surface area contributed by atoms with Gasteiger partial charge >= 0.3 is 0 Å². The van der Waals surface area contributed by atoms with E-state index in [1.54, 1.807) is 0 Å². The van der Waals surface area contributed by atoms with Gasteiger partial charge in [-0.2, -0.15) is 0 Å². The first-order valence-electron chi connectivity index (χ1n) is 6.31. The summed E-state index contributed by atoms with van der Waals surface area (Å²) in [6.45, 7) is 5.76. The van der Waals surface area contributed by atoms with Gasteiger partial charge in [0, 0.05) is 18.7 Å². The van der Waals surface area contributed by atoms with Crippen LogP contribution in [0.25, 0.3) is 0 Å². The van der Waals surface area contributed by atoms with Crippen LogP contribution >= 0.6 is 0 Å². The molecule has 0 aromatic heterocycles. The first kappa shape index (κ1) is 11.9. The molecule has 1 saturated carbocycles. The van der Waals surface area contributed by atoms with Gasteiger partial charge < -0.3 is 15.4 Å². The molecule has 0 aromatic rings. The van der Waals surface area contributed by atoms with Crippen molar-refractivity contribution in [2.45, 2.75) is 51.2 Å². The van der Waals surface area contributed by atoms with E-state index in [0.29, 0.717) is 18.0 Å². The lowest BCUT2D eigenvalue weighted by molar-refractivity contribution is -0.123. The van der Waals surface area contributed by atoms with Crippen molar-refractivity contribution in [1.82, 2.24) is 10.6 Å². The summed E-state index contributed by atoms with van der Waals surface area (Å²) in [5.41, 5.74) is 0. The summed E-state index contributed by atoms with van der Waals surface area (Å²) in [5.74, 6) is 0.685. The van der Waals surface area contributed by atoms with Gasteiger partial charge in [0.05, 0.1) is 12.6 Å². The fraction of sp³-hybridized carbons (Fsp3) is 0.917. The van der Waals surface area contributed by atoms with Crippen molar-refractivity contribution < 1.29 is 9.53 Å². The average Bonchev–Trinajstić information content (AvgIpc) is 2.89. The molecular formula is C12H22N2O2. The van der Waals surface area contributed by atoms with Crippen LogP contribution in [0.1, 0.15) is 33.1 Å². The molecule has 3 unspecified atom stereocenters. The third-order valence-electron chi connectivity index (χ3n) is 3.50. The van der Waals surface area contributed by atoms with Crippen LogP contribution in [0.5, 0.6) is 0 Å². The lowest BCUT2D eigenvalue weighted by atomic mass is 10.00. The molecule has 3 atom stereocenters. The van der Waals surface area contributed by atoms with E-state index in [9.17, 15) is 4.79 Å². The normalized spacial score (nSPS) is 28.8. The van der Waals surface area contributed by atoms with Gasteiger partial charge in [-0.3, -0.25) is 4.79 Å². The monoisotopic (exact) mass is 226 g/mol. The Bertz CT molecular complexity index is 247. The molecule has 2 aliphatic rings. The number of hydrogen-bond acceptors (Lipinski definition) is 3. The van der Waals surface area contributed by atoms with Crippen LogP contribution in [0, 0.1) is 5.92 Å². The van der Waals surface area contributed by atoms with E-state index in [1.807, 2.05) is 6.92 Å². The zero-order chi connectivity index (χ0) is 11.5. The summed E-state index contributed by atoms with van der Waals surface area (Å²) in [5, 5.41) is 6.38. The maximum Gasteiger partial charge on any atom is 0.237 e. The van der Waals surface area contributed by atoms with Crippen LogP contribution in [-0.4, -0.2) is 37.2 Å². The molecule has 2 fully saturated rings. The molecule has 2 N–H and O–H groups in total. The van der Waals surface area contributed by atoms with Crippen molar-refractivity contribution in [3.63, 3.8) is 0 Å². The SMILES string of the molecule is CC(NC(C)C1CCOC1)C(=O)NC1CC1. The van der Waals surface area contributed by atoms with E-state index in [4.69, 9.17) is 4.74 Å². The van der Waals surface area contributed by atoms with Crippen molar-refractivity contribution in [3.05, 3.63) is 0 Å². The molecule has 0 radical (unpaired) electrons. The van der Waals surface area contributed by atoms with Crippen molar-refractivity contribution >= 4 is 5.91 Å². The van der Waals surface area contributed by atoms with Gasteiger partial charge in [-0.25, -0.2) is 0 Å². The van der Waals surface area contributed by atoms with Crippen LogP contribution in [0.4, 0.5) is 0 Å². The van der Waals surface area contributed by atoms with Crippen LogP contribution in [0.3, 0.4) is 0 Å². The van der Waals surface area contributed by atoms with Crippen molar-refractivity contribution in [2.24, 2.45) is 5.92 Å². The summed E-state index contributed by atoms with van der Waals surface area (Å²) in [4.78, 5) is 11.7. The van der Waals surface area contributed by atoms with Crippen molar-refractivity contribution in [2.75, 3.05) is 13.2 Å². The molecule has 92 valence electrons. The topological polar surface area (TPSA) is 50.4 Å². The Morgan fingerprint density at radius 3 is 2.62 bits per heavy atom. The molecule has 0 spiro atoms. The number of rotatable bonds is 5. The number of amides is 1.